The van der Waals surface area contributed by atoms with Gasteiger partial charge in [0.2, 0.25) is 10.0 Å². The van der Waals surface area contributed by atoms with Crippen LogP contribution in [0, 0.1) is 6.92 Å². The van der Waals surface area contributed by atoms with Gasteiger partial charge in [0, 0.05) is 38.3 Å². The van der Waals surface area contributed by atoms with Gasteiger partial charge in [-0.3, -0.25) is 4.68 Å². The molecule has 2 rings (SSSR count). The van der Waals surface area contributed by atoms with Crippen LogP contribution in [0.25, 0.3) is 0 Å². The summed E-state index contributed by atoms with van der Waals surface area (Å²) in [6, 6.07) is 4.93. The predicted octanol–water partition coefficient (Wildman–Crippen LogP) is 4.04. The highest BCUT2D eigenvalue weighted by molar-refractivity contribution is 7.89. The molecule has 0 fully saturated rings. The van der Waals surface area contributed by atoms with Crippen molar-refractivity contribution in [3.05, 3.63) is 57.6 Å². The maximum atomic E-state index is 14.0. The lowest BCUT2D eigenvalue weighted by Gasteiger charge is -2.14. The molecule has 10 heteroatoms. The Labute approximate surface area is 189 Å². The first kappa shape index (κ1) is 26.6. The summed E-state index contributed by atoms with van der Waals surface area (Å²) in [6.45, 7) is 6.12. The van der Waals surface area contributed by atoms with Crippen LogP contribution in [-0.2, 0) is 23.0 Å². The highest BCUT2D eigenvalue weighted by Gasteiger charge is 2.22. The SMILES string of the molecule is Cc1c(Cc2ccc(S(=O)(=O)N(C)C)c(Cl)c2)c(C(C)C)nn1C/C(F)=C/CN.Cl. The lowest BCUT2D eigenvalue weighted by Crippen LogP contribution is -2.22. The van der Waals surface area contributed by atoms with Gasteiger partial charge in [-0.15, -0.1) is 12.4 Å². The number of nitrogens with two attached hydrogens (primary N) is 1. The van der Waals surface area contributed by atoms with Crippen LogP contribution in [0.1, 0.15) is 42.3 Å². The Morgan fingerprint density at radius 3 is 2.50 bits per heavy atom. The number of hydrogen-bond acceptors (Lipinski definition) is 4. The van der Waals surface area contributed by atoms with E-state index in [2.05, 4.69) is 5.10 Å². The minimum Gasteiger partial charge on any atom is -0.327 e. The molecule has 0 atom stereocenters. The van der Waals surface area contributed by atoms with Crippen molar-refractivity contribution in [2.45, 2.75) is 44.6 Å². The summed E-state index contributed by atoms with van der Waals surface area (Å²) in [4.78, 5) is 0.0680. The summed E-state index contributed by atoms with van der Waals surface area (Å²) in [7, 11) is -0.689. The van der Waals surface area contributed by atoms with Crippen molar-refractivity contribution in [2.24, 2.45) is 5.73 Å². The minimum absolute atomic E-state index is 0. The highest BCUT2D eigenvalue weighted by atomic mass is 35.5. The molecule has 2 aromatic rings. The maximum Gasteiger partial charge on any atom is 0.244 e. The third-order valence-corrected chi connectivity index (χ3v) is 6.98. The van der Waals surface area contributed by atoms with E-state index < -0.39 is 10.0 Å². The zero-order chi connectivity index (χ0) is 21.9. The zero-order valence-electron chi connectivity index (χ0n) is 17.8. The first-order valence-corrected chi connectivity index (χ1v) is 11.1. The van der Waals surface area contributed by atoms with Crippen molar-refractivity contribution >= 4 is 34.0 Å². The van der Waals surface area contributed by atoms with Crippen LogP contribution in [0.5, 0.6) is 0 Å². The average molecular weight is 479 g/mol. The molecule has 0 amide bonds. The average Bonchev–Trinajstić information content (AvgIpc) is 2.91. The molecule has 0 saturated carbocycles. The van der Waals surface area contributed by atoms with Gasteiger partial charge in [0.1, 0.15) is 10.7 Å². The highest BCUT2D eigenvalue weighted by Crippen LogP contribution is 2.29. The van der Waals surface area contributed by atoms with Crippen LogP contribution in [0.3, 0.4) is 0 Å². The van der Waals surface area contributed by atoms with Crippen LogP contribution in [0.15, 0.2) is 35.0 Å². The molecule has 0 saturated heterocycles. The zero-order valence-corrected chi connectivity index (χ0v) is 20.2. The van der Waals surface area contributed by atoms with Gasteiger partial charge in [0.05, 0.1) is 17.3 Å². The molecule has 1 aromatic carbocycles. The van der Waals surface area contributed by atoms with E-state index >= 15 is 0 Å². The monoisotopic (exact) mass is 478 g/mol. The number of hydrogen-bond donors (Lipinski definition) is 1. The second-order valence-electron chi connectivity index (χ2n) is 7.38. The molecule has 0 radical (unpaired) electrons. The van der Waals surface area contributed by atoms with Gasteiger partial charge in [-0.2, -0.15) is 5.10 Å². The molecule has 30 heavy (non-hydrogen) atoms. The molecule has 2 N–H and O–H groups in total. The van der Waals surface area contributed by atoms with E-state index in [4.69, 9.17) is 17.3 Å². The van der Waals surface area contributed by atoms with Crippen molar-refractivity contribution in [3.63, 3.8) is 0 Å². The first-order chi connectivity index (χ1) is 13.5. The summed E-state index contributed by atoms with van der Waals surface area (Å²) < 4.78 is 41.4. The smallest absolute Gasteiger partial charge is 0.244 e. The molecule has 0 unspecified atom stereocenters. The van der Waals surface area contributed by atoms with Gasteiger partial charge >= 0.3 is 0 Å². The quantitative estimate of drug-likeness (QED) is 0.620. The number of aromatic nitrogens is 2. The molecule has 168 valence electrons. The van der Waals surface area contributed by atoms with Crippen molar-refractivity contribution in [1.29, 1.82) is 0 Å². The summed E-state index contributed by atoms with van der Waals surface area (Å²) >= 11 is 6.28. The van der Waals surface area contributed by atoms with Crippen molar-refractivity contribution in [2.75, 3.05) is 20.6 Å². The normalized spacial score (nSPS) is 12.5. The maximum absolute atomic E-state index is 14.0. The Morgan fingerprint density at radius 2 is 2.00 bits per heavy atom. The van der Waals surface area contributed by atoms with Crippen molar-refractivity contribution < 1.29 is 12.8 Å². The molecule has 0 aliphatic heterocycles. The van der Waals surface area contributed by atoms with Crippen LogP contribution in [-0.4, -0.2) is 43.1 Å². The third kappa shape index (κ3) is 5.82. The Balaban J connectivity index is 0.00000450. The lowest BCUT2D eigenvalue weighted by atomic mass is 9.98. The summed E-state index contributed by atoms with van der Waals surface area (Å²) in [5.41, 5.74) is 8.96. The van der Waals surface area contributed by atoms with E-state index in [1.54, 1.807) is 16.8 Å². The Morgan fingerprint density at radius 1 is 1.37 bits per heavy atom. The van der Waals surface area contributed by atoms with E-state index in [1.165, 1.54) is 26.2 Å². The summed E-state index contributed by atoms with van der Waals surface area (Å²) in [5.74, 6) is -0.184. The van der Waals surface area contributed by atoms with Gasteiger partial charge in [-0.25, -0.2) is 17.1 Å². The fourth-order valence-electron chi connectivity index (χ4n) is 3.04. The predicted molar refractivity (Wildman–Crippen MR) is 122 cm³/mol. The molecule has 1 aromatic heterocycles. The Hall–Kier alpha value is -1.45. The number of benzene rings is 1. The van der Waals surface area contributed by atoms with Gasteiger partial charge < -0.3 is 5.73 Å². The van der Waals surface area contributed by atoms with E-state index in [9.17, 15) is 12.8 Å². The Kier molecular flexibility index (Phi) is 9.51. The van der Waals surface area contributed by atoms with Gasteiger partial charge in [0.15, 0.2) is 0 Å². The van der Waals surface area contributed by atoms with Crippen LogP contribution < -0.4 is 5.73 Å². The largest absolute Gasteiger partial charge is 0.327 e. The second-order valence-corrected chi connectivity index (χ2v) is 9.90. The molecular weight excluding hydrogens is 450 g/mol. The van der Waals surface area contributed by atoms with E-state index in [-0.39, 0.29) is 47.2 Å². The topological polar surface area (TPSA) is 81.2 Å². The van der Waals surface area contributed by atoms with Crippen molar-refractivity contribution in [1.82, 2.24) is 14.1 Å². The molecule has 1 heterocycles. The van der Waals surface area contributed by atoms with Gasteiger partial charge in [-0.05, 0) is 36.6 Å². The van der Waals surface area contributed by atoms with Crippen molar-refractivity contribution in [3.8, 4) is 0 Å². The molecule has 0 spiro atoms. The number of nitrogens with zero attached hydrogens (tertiary/aromatic N) is 3. The fourth-order valence-corrected chi connectivity index (χ4v) is 4.48. The van der Waals surface area contributed by atoms with Gasteiger partial charge in [0.25, 0.3) is 0 Å². The van der Waals surface area contributed by atoms with Gasteiger partial charge in [-0.1, -0.05) is 31.5 Å². The van der Waals surface area contributed by atoms with Crippen LogP contribution in [0.2, 0.25) is 5.02 Å². The number of allylic oxidation sites excluding steroid dienone is 1. The molecule has 0 aliphatic rings. The first-order valence-electron chi connectivity index (χ1n) is 9.30. The molecule has 6 nitrogen and oxygen atoms in total. The number of sulfonamides is 1. The second kappa shape index (κ2) is 10.7. The lowest BCUT2D eigenvalue weighted by molar-refractivity contribution is 0.514. The number of rotatable bonds is 8. The third-order valence-electron chi connectivity index (χ3n) is 4.68. The molecule has 0 aliphatic carbocycles. The Bertz CT molecular complexity index is 1020. The summed E-state index contributed by atoms with van der Waals surface area (Å²) in [6.07, 6.45) is 1.85. The van der Waals surface area contributed by atoms with Crippen LogP contribution >= 0.6 is 24.0 Å². The summed E-state index contributed by atoms with van der Waals surface area (Å²) in [5, 5.41) is 4.76. The molecule has 0 bridgehead atoms. The number of halogens is 3. The van der Waals surface area contributed by atoms with Crippen LogP contribution in [0.4, 0.5) is 4.39 Å². The van der Waals surface area contributed by atoms with E-state index in [0.29, 0.717) is 6.42 Å². The fraction of sp³-hybridized carbons (Fsp3) is 0.450. The minimum atomic E-state index is -3.62. The van der Waals surface area contributed by atoms with E-state index in [1.807, 2.05) is 20.8 Å². The molecular formula is C20H29Cl2FN4O2S. The van der Waals surface area contributed by atoms with E-state index in [0.717, 1.165) is 26.8 Å². The standard InChI is InChI=1S/C20H28ClFN4O2S.ClH/c1-13(2)20-17(14(3)26(24-20)12-16(22)8-9-23)10-15-6-7-19(18(21)11-15)29(27,28)25(4)5;/h6-8,11,13H,9-10,12,23H2,1-5H3;1H/b16-8-;.